The molecule has 0 aliphatic carbocycles. The molecule has 0 fully saturated rings. The van der Waals surface area contributed by atoms with Crippen LogP contribution in [0.3, 0.4) is 0 Å². The van der Waals surface area contributed by atoms with Crippen LogP contribution in [0.25, 0.3) is 10.9 Å². The Kier molecular flexibility index (Phi) is 6.08. The minimum absolute atomic E-state index is 0.151. The molecule has 2 atom stereocenters. The molecule has 7 heteroatoms. The largest absolute Gasteiger partial charge is 0.480 e. The van der Waals surface area contributed by atoms with Crippen LogP contribution in [-0.4, -0.2) is 40.2 Å². The normalized spacial score (nSPS) is 13.8. The van der Waals surface area contributed by atoms with Gasteiger partial charge in [-0.3, -0.25) is 14.2 Å². The molecule has 0 unspecified atom stereocenters. The lowest BCUT2D eigenvalue weighted by atomic mass is 10.1. The Bertz CT molecular complexity index is 726. The van der Waals surface area contributed by atoms with Crippen LogP contribution in [0, 0.1) is 0 Å². The molecule has 7 nitrogen and oxygen atoms in total. The zero-order chi connectivity index (χ0) is 17.7. The lowest BCUT2D eigenvalue weighted by molar-refractivity contribution is -0.138. The number of unbranched alkanes of at least 4 members (excludes halogenated alkanes) is 1. The predicted octanol–water partition coefficient (Wildman–Crippen LogP) is 0.692. The molecule has 0 saturated heterocycles. The summed E-state index contributed by atoms with van der Waals surface area (Å²) in [5, 5.41) is 9.83. The van der Waals surface area contributed by atoms with E-state index in [0.29, 0.717) is 18.5 Å². The van der Waals surface area contributed by atoms with Gasteiger partial charge in [0.05, 0.1) is 11.6 Å². The van der Waals surface area contributed by atoms with Crippen molar-refractivity contribution in [2.24, 2.45) is 17.2 Å². The molecule has 1 aromatic heterocycles. The molecule has 0 aliphatic heterocycles. The maximum Gasteiger partial charge on any atom is 0.320 e. The smallest absolute Gasteiger partial charge is 0.320 e. The average molecular weight is 332 g/mol. The number of nitrogens with two attached hydrogens (primary N) is 3. The van der Waals surface area contributed by atoms with Crippen molar-refractivity contribution in [2.75, 3.05) is 6.54 Å². The fourth-order valence-corrected chi connectivity index (χ4v) is 2.73. The monoisotopic (exact) mass is 332 g/mol. The van der Waals surface area contributed by atoms with E-state index in [4.69, 9.17) is 22.3 Å². The number of para-hydroxylation sites is 1. The second kappa shape index (κ2) is 8.05. The number of benzene rings is 1. The van der Waals surface area contributed by atoms with E-state index in [0.717, 1.165) is 23.8 Å². The summed E-state index contributed by atoms with van der Waals surface area (Å²) < 4.78 is 1.51. The topological polar surface area (TPSA) is 137 Å². The number of aliphatic carboxylic acids is 1. The molecule has 0 amide bonds. The van der Waals surface area contributed by atoms with E-state index in [1.54, 1.807) is 6.20 Å². The molecule has 0 spiro atoms. The first-order valence-corrected chi connectivity index (χ1v) is 8.03. The Hall–Kier alpha value is -2.22. The van der Waals surface area contributed by atoms with E-state index < -0.39 is 18.1 Å². The number of carboxylic acid groups (broad SMARTS) is 1. The van der Waals surface area contributed by atoms with Gasteiger partial charge >= 0.3 is 5.97 Å². The van der Waals surface area contributed by atoms with Crippen LogP contribution in [0.4, 0.5) is 0 Å². The van der Waals surface area contributed by atoms with E-state index >= 15 is 0 Å². The number of carbonyl (C=O) groups is 2. The summed E-state index contributed by atoms with van der Waals surface area (Å²) in [5.41, 5.74) is 18.5. The molecule has 7 N–H and O–H groups in total. The van der Waals surface area contributed by atoms with Gasteiger partial charge in [0.2, 0.25) is 5.91 Å². The van der Waals surface area contributed by atoms with Gasteiger partial charge in [0.15, 0.2) is 0 Å². The highest BCUT2D eigenvalue weighted by Crippen LogP contribution is 2.23. The Morgan fingerprint density at radius 3 is 2.50 bits per heavy atom. The van der Waals surface area contributed by atoms with Gasteiger partial charge in [-0.2, -0.15) is 0 Å². The van der Waals surface area contributed by atoms with Gasteiger partial charge in [-0.05, 0) is 31.0 Å². The standard InChI is InChI=1S/C17H24N4O3/c18-8-4-3-6-13(19)16(22)21-10-11(9-14(20)17(23)24)12-5-1-2-7-15(12)21/h1-2,5,7,10,13-14H,3-4,6,8-9,18-20H2,(H,23,24)/t13-,14-/m0/s1. The number of carbonyl (C=O) groups excluding carboxylic acids is 1. The number of hydrogen-bond donors (Lipinski definition) is 4. The van der Waals surface area contributed by atoms with Crippen molar-refractivity contribution in [1.29, 1.82) is 0 Å². The molecular weight excluding hydrogens is 308 g/mol. The van der Waals surface area contributed by atoms with Crippen molar-refractivity contribution in [3.05, 3.63) is 36.0 Å². The molecular formula is C17H24N4O3. The summed E-state index contributed by atoms with van der Waals surface area (Å²) in [5.74, 6) is -1.28. The first kappa shape index (κ1) is 18.1. The predicted molar refractivity (Wildman–Crippen MR) is 92.8 cm³/mol. The number of carboxylic acids is 1. The Morgan fingerprint density at radius 1 is 1.12 bits per heavy atom. The molecule has 1 aromatic carbocycles. The van der Waals surface area contributed by atoms with E-state index in [1.165, 1.54) is 4.57 Å². The number of fused-ring (bicyclic) bond motifs is 1. The van der Waals surface area contributed by atoms with E-state index in [2.05, 4.69) is 0 Å². The number of nitrogens with zero attached hydrogens (tertiary/aromatic N) is 1. The summed E-state index contributed by atoms with van der Waals surface area (Å²) in [6.45, 7) is 0.574. The van der Waals surface area contributed by atoms with Gasteiger partial charge in [0.1, 0.15) is 6.04 Å². The van der Waals surface area contributed by atoms with E-state index in [-0.39, 0.29) is 12.3 Å². The Balaban J connectivity index is 2.30. The average Bonchev–Trinajstić information content (AvgIpc) is 2.93. The van der Waals surface area contributed by atoms with E-state index in [1.807, 2.05) is 24.3 Å². The van der Waals surface area contributed by atoms with Gasteiger partial charge < -0.3 is 22.3 Å². The first-order valence-electron chi connectivity index (χ1n) is 8.03. The third kappa shape index (κ3) is 4.00. The molecule has 0 saturated carbocycles. The highest BCUT2D eigenvalue weighted by molar-refractivity contribution is 5.96. The number of aromatic nitrogens is 1. The van der Waals surface area contributed by atoms with Crippen molar-refractivity contribution in [3.63, 3.8) is 0 Å². The van der Waals surface area contributed by atoms with Crippen LogP contribution < -0.4 is 17.2 Å². The molecule has 0 radical (unpaired) electrons. The third-order valence-electron chi connectivity index (χ3n) is 4.08. The van der Waals surface area contributed by atoms with E-state index in [9.17, 15) is 9.59 Å². The molecule has 1 heterocycles. The van der Waals surface area contributed by atoms with Crippen molar-refractivity contribution >= 4 is 22.8 Å². The van der Waals surface area contributed by atoms with Crippen molar-refractivity contribution in [1.82, 2.24) is 4.57 Å². The number of rotatable bonds is 8. The minimum atomic E-state index is -1.07. The molecule has 2 aromatic rings. The number of hydrogen-bond acceptors (Lipinski definition) is 5. The van der Waals surface area contributed by atoms with Gasteiger partial charge in [-0.25, -0.2) is 0 Å². The molecule has 130 valence electrons. The fourth-order valence-electron chi connectivity index (χ4n) is 2.73. The summed E-state index contributed by atoms with van der Waals surface area (Å²) in [7, 11) is 0. The van der Waals surface area contributed by atoms with Crippen LogP contribution in [0.5, 0.6) is 0 Å². The van der Waals surface area contributed by atoms with Gasteiger partial charge in [0, 0.05) is 18.0 Å². The lowest BCUT2D eigenvalue weighted by Gasteiger charge is -2.11. The zero-order valence-corrected chi connectivity index (χ0v) is 13.5. The Labute approximate surface area is 140 Å². The van der Waals surface area contributed by atoms with Gasteiger partial charge in [0.25, 0.3) is 0 Å². The first-order chi connectivity index (χ1) is 11.5. The van der Waals surface area contributed by atoms with Crippen molar-refractivity contribution < 1.29 is 14.7 Å². The molecule has 2 rings (SSSR count). The highest BCUT2D eigenvalue weighted by Gasteiger charge is 2.21. The SMILES string of the molecule is NCCCC[C@H](N)C(=O)n1cc(C[C@H](N)C(=O)O)c2ccccc21. The Morgan fingerprint density at radius 2 is 1.83 bits per heavy atom. The lowest BCUT2D eigenvalue weighted by Crippen LogP contribution is -2.34. The quantitative estimate of drug-likeness (QED) is 0.525. The summed E-state index contributed by atoms with van der Waals surface area (Å²) >= 11 is 0. The maximum absolute atomic E-state index is 12.6. The highest BCUT2D eigenvalue weighted by atomic mass is 16.4. The second-order valence-electron chi connectivity index (χ2n) is 5.92. The second-order valence-corrected chi connectivity index (χ2v) is 5.92. The fraction of sp³-hybridized carbons (Fsp3) is 0.412. The van der Waals surface area contributed by atoms with Gasteiger partial charge in [-0.1, -0.05) is 24.6 Å². The molecule has 0 aliphatic rings. The van der Waals surface area contributed by atoms with Crippen LogP contribution in [-0.2, 0) is 11.2 Å². The summed E-state index contributed by atoms with van der Waals surface area (Å²) in [6, 6.07) is 5.70. The summed E-state index contributed by atoms with van der Waals surface area (Å²) in [6.07, 6.45) is 3.98. The molecule has 0 bridgehead atoms. The molecule has 24 heavy (non-hydrogen) atoms. The van der Waals surface area contributed by atoms with Crippen molar-refractivity contribution in [3.8, 4) is 0 Å². The summed E-state index contributed by atoms with van der Waals surface area (Å²) in [4.78, 5) is 23.7. The van der Waals surface area contributed by atoms with Crippen LogP contribution in [0.2, 0.25) is 0 Å². The third-order valence-corrected chi connectivity index (χ3v) is 4.08. The van der Waals surface area contributed by atoms with Crippen molar-refractivity contribution in [2.45, 2.75) is 37.8 Å². The van der Waals surface area contributed by atoms with Crippen LogP contribution >= 0.6 is 0 Å². The van der Waals surface area contributed by atoms with Crippen LogP contribution in [0.1, 0.15) is 29.6 Å². The zero-order valence-electron chi connectivity index (χ0n) is 13.5. The van der Waals surface area contributed by atoms with Gasteiger partial charge in [-0.15, -0.1) is 0 Å². The maximum atomic E-state index is 12.6. The minimum Gasteiger partial charge on any atom is -0.480 e. The van der Waals surface area contributed by atoms with Crippen LogP contribution in [0.15, 0.2) is 30.5 Å².